The zero-order chi connectivity index (χ0) is 18.9. The molecule has 1 aliphatic heterocycles. The molecule has 0 spiro atoms. The van der Waals surface area contributed by atoms with Gasteiger partial charge in [-0.2, -0.15) is 9.57 Å². The fraction of sp³-hybridized carbons (Fsp3) is 0.267. The molecule has 8 nitrogen and oxygen atoms in total. The van der Waals surface area contributed by atoms with Crippen molar-refractivity contribution in [2.75, 3.05) is 31.1 Å². The van der Waals surface area contributed by atoms with Gasteiger partial charge in [0.05, 0.1) is 20.9 Å². The first-order valence-corrected chi connectivity index (χ1v) is 10.2. The number of nitro groups is 1. The van der Waals surface area contributed by atoms with Crippen LogP contribution in [0.15, 0.2) is 34.5 Å². The van der Waals surface area contributed by atoms with Crippen LogP contribution < -0.4 is 4.90 Å². The molecule has 0 atom stereocenters. The highest BCUT2D eigenvalue weighted by Gasteiger charge is 2.31. The number of rotatable bonds is 4. The van der Waals surface area contributed by atoms with Crippen LogP contribution in [0.2, 0.25) is 4.34 Å². The molecule has 1 aromatic heterocycles. The van der Waals surface area contributed by atoms with E-state index in [1.807, 2.05) is 6.07 Å². The molecule has 1 saturated heterocycles. The third-order valence-corrected chi connectivity index (χ3v) is 7.62. The van der Waals surface area contributed by atoms with Crippen LogP contribution in [-0.4, -0.2) is 43.8 Å². The molecular weight excluding hydrogens is 400 g/mol. The molecular formula is C15H13ClN4O4S2. The van der Waals surface area contributed by atoms with Crippen LogP contribution in [0.3, 0.4) is 0 Å². The minimum Gasteiger partial charge on any atom is -0.363 e. The molecule has 1 fully saturated rings. The van der Waals surface area contributed by atoms with Crippen molar-refractivity contribution in [3.8, 4) is 6.07 Å². The van der Waals surface area contributed by atoms with Gasteiger partial charge in [0.1, 0.15) is 9.90 Å². The van der Waals surface area contributed by atoms with Gasteiger partial charge >= 0.3 is 0 Å². The molecule has 136 valence electrons. The van der Waals surface area contributed by atoms with E-state index in [2.05, 4.69) is 0 Å². The number of benzene rings is 1. The molecule has 2 aromatic rings. The summed E-state index contributed by atoms with van der Waals surface area (Å²) >= 11 is 6.81. The van der Waals surface area contributed by atoms with E-state index in [1.54, 1.807) is 4.90 Å². The summed E-state index contributed by atoms with van der Waals surface area (Å²) in [6.07, 6.45) is 0. The average Bonchev–Trinajstić information content (AvgIpc) is 3.08. The number of nitrogens with zero attached hydrogens (tertiary/aromatic N) is 4. The van der Waals surface area contributed by atoms with Gasteiger partial charge in [0.15, 0.2) is 0 Å². The number of nitriles is 1. The fourth-order valence-corrected chi connectivity index (χ4v) is 5.79. The Morgan fingerprint density at radius 2 is 1.88 bits per heavy atom. The zero-order valence-corrected chi connectivity index (χ0v) is 15.7. The predicted molar refractivity (Wildman–Crippen MR) is 98.1 cm³/mol. The van der Waals surface area contributed by atoms with E-state index < -0.39 is 14.9 Å². The Bertz CT molecular complexity index is 991. The van der Waals surface area contributed by atoms with Gasteiger partial charge in [-0.3, -0.25) is 10.1 Å². The molecule has 1 aliphatic rings. The normalized spacial score (nSPS) is 15.6. The van der Waals surface area contributed by atoms with Gasteiger partial charge in [-0.15, -0.1) is 11.3 Å². The van der Waals surface area contributed by atoms with Gasteiger partial charge < -0.3 is 4.90 Å². The molecule has 2 heterocycles. The lowest BCUT2D eigenvalue weighted by Gasteiger charge is -2.34. The van der Waals surface area contributed by atoms with Crippen molar-refractivity contribution in [1.29, 1.82) is 5.26 Å². The van der Waals surface area contributed by atoms with Crippen LogP contribution in [0.4, 0.5) is 11.4 Å². The van der Waals surface area contributed by atoms with E-state index in [0.29, 0.717) is 15.6 Å². The number of anilines is 1. The summed E-state index contributed by atoms with van der Waals surface area (Å²) in [5.74, 6) is 0. The molecule has 0 saturated carbocycles. The molecule has 0 bridgehead atoms. The van der Waals surface area contributed by atoms with Gasteiger partial charge in [-0.25, -0.2) is 8.42 Å². The van der Waals surface area contributed by atoms with Crippen LogP contribution in [0, 0.1) is 21.4 Å². The standard InChI is InChI=1S/C15H13ClN4O4S2/c16-14-3-4-15(25-14)26(23,24)19-7-5-18(6-8-19)13-9-11(10-17)1-2-12(13)20(21)22/h1-4,9H,5-8H2. The number of halogens is 1. The maximum absolute atomic E-state index is 12.6. The zero-order valence-electron chi connectivity index (χ0n) is 13.3. The quantitative estimate of drug-likeness (QED) is 0.564. The number of nitro benzene ring substituents is 1. The Hall–Kier alpha value is -2.19. The first kappa shape index (κ1) is 18.6. The number of hydrogen-bond acceptors (Lipinski definition) is 7. The molecule has 3 rings (SSSR count). The second-order valence-corrected chi connectivity index (χ2v) is 9.40. The largest absolute Gasteiger partial charge is 0.363 e. The Balaban J connectivity index is 1.81. The van der Waals surface area contributed by atoms with E-state index in [-0.39, 0.29) is 36.1 Å². The minimum absolute atomic E-state index is 0.106. The van der Waals surface area contributed by atoms with Crippen molar-refractivity contribution >= 4 is 44.3 Å². The molecule has 0 N–H and O–H groups in total. The van der Waals surface area contributed by atoms with E-state index in [1.165, 1.54) is 34.6 Å². The molecule has 0 unspecified atom stereocenters. The Morgan fingerprint density at radius 1 is 1.19 bits per heavy atom. The molecule has 0 amide bonds. The smallest absolute Gasteiger partial charge is 0.292 e. The van der Waals surface area contributed by atoms with Gasteiger partial charge in [0.25, 0.3) is 15.7 Å². The Labute approximate surface area is 159 Å². The van der Waals surface area contributed by atoms with E-state index in [4.69, 9.17) is 16.9 Å². The summed E-state index contributed by atoms with van der Waals surface area (Å²) in [7, 11) is -3.63. The van der Waals surface area contributed by atoms with Crippen molar-refractivity contribution in [1.82, 2.24) is 4.31 Å². The first-order valence-electron chi connectivity index (χ1n) is 7.52. The molecule has 1 aromatic carbocycles. The maximum atomic E-state index is 12.6. The molecule has 11 heteroatoms. The van der Waals surface area contributed by atoms with Gasteiger partial charge in [-0.05, 0) is 24.3 Å². The molecule has 0 aliphatic carbocycles. The van der Waals surface area contributed by atoms with E-state index in [0.717, 1.165) is 11.3 Å². The second-order valence-electron chi connectivity index (χ2n) is 5.52. The summed E-state index contributed by atoms with van der Waals surface area (Å²) in [4.78, 5) is 12.5. The average molecular weight is 413 g/mol. The summed E-state index contributed by atoms with van der Waals surface area (Å²) in [5, 5.41) is 20.3. The highest BCUT2D eigenvalue weighted by molar-refractivity contribution is 7.91. The van der Waals surface area contributed by atoms with E-state index >= 15 is 0 Å². The van der Waals surface area contributed by atoms with Crippen LogP contribution in [0.5, 0.6) is 0 Å². The summed E-state index contributed by atoms with van der Waals surface area (Å²) in [5.41, 5.74) is 0.532. The summed E-state index contributed by atoms with van der Waals surface area (Å²) < 4.78 is 27.2. The van der Waals surface area contributed by atoms with Crippen molar-refractivity contribution in [2.24, 2.45) is 0 Å². The lowest BCUT2D eigenvalue weighted by molar-refractivity contribution is -0.384. The summed E-state index contributed by atoms with van der Waals surface area (Å²) in [6.45, 7) is 0.944. The predicted octanol–water partition coefficient (Wildman–Crippen LogP) is 2.69. The van der Waals surface area contributed by atoms with Crippen molar-refractivity contribution in [3.05, 3.63) is 50.3 Å². The second kappa shape index (κ2) is 7.20. The van der Waals surface area contributed by atoms with E-state index in [9.17, 15) is 18.5 Å². The third-order valence-electron chi connectivity index (χ3n) is 4.02. The van der Waals surface area contributed by atoms with Gasteiger partial charge in [0.2, 0.25) is 0 Å². The number of hydrogen-bond donors (Lipinski definition) is 0. The molecule has 26 heavy (non-hydrogen) atoms. The lowest BCUT2D eigenvalue weighted by atomic mass is 10.1. The molecule has 0 radical (unpaired) electrons. The van der Waals surface area contributed by atoms with Crippen LogP contribution in [0.1, 0.15) is 5.56 Å². The van der Waals surface area contributed by atoms with Gasteiger partial charge in [-0.1, -0.05) is 11.6 Å². The third kappa shape index (κ3) is 3.52. The summed E-state index contributed by atoms with van der Waals surface area (Å²) in [6, 6.07) is 9.11. The van der Waals surface area contributed by atoms with Crippen molar-refractivity contribution in [2.45, 2.75) is 4.21 Å². The SMILES string of the molecule is N#Cc1ccc([N+](=O)[O-])c(N2CCN(S(=O)(=O)c3ccc(Cl)s3)CC2)c1. The van der Waals surface area contributed by atoms with Gasteiger partial charge in [0, 0.05) is 32.2 Å². The maximum Gasteiger partial charge on any atom is 0.292 e. The van der Waals surface area contributed by atoms with Crippen LogP contribution in [-0.2, 0) is 10.0 Å². The topological polar surface area (TPSA) is 108 Å². The lowest BCUT2D eigenvalue weighted by Crippen LogP contribution is -2.48. The Kier molecular flexibility index (Phi) is 5.15. The number of thiophene rings is 1. The highest BCUT2D eigenvalue weighted by Crippen LogP contribution is 2.32. The first-order chi connectivity index (χ1) is 12.3. The number of sulfonamides is 1. The monoisotopic (exact) mass is 412 g/mol. The fourth-order valence-electron chi connectivity index (χ4n) is 2.73. The highest BCUT2D eigenvalue weighted by atomic mass is 35.5. The van der Waals surface area contributed by atoms with Crippen LogP contribution >= 0.6 is 22.9 Å². The number of piperazine rings is 1. The Morgan fingerprint density at radius 3 is 2.42 bits per heavy atom. The minimum atomic E-state index is -3.63. The van der Waals surface area contributed by atoms with Crippen molar-refractivity contribution in [3.63, 3.8) is 0 Å². The van der Waals surface area contributed by atoms with Crippen LogP contribution in [0.25, 0.3) is 0 Å². The van der Waals surface area contributed by atoms with Crippen molar-refractivity contribution < 1.29 is 13.3 Å².